The van der Waals surface area contributed by atoms with Crippen molar-refractivity contribution in [1.82, 2.24) is 10.2 Å². The van der Waals surface area contributed by atoms with Gasteiger partial charge in [-0.05, 0) is 43.0 Å². The minimum atomic E-state index is -0.418. The fourth-order valence-electron chi connectivity index (χ4n) is 3.36. The molecule has 2 saturated heterocycles. The number of nitrogens with zero attached hydrogens (tertiary/aromatic N) is 2. The van der Waals surface area contributed by atoms with Gasteiger partial charge in [-0.25, -0.2) is 0 Å². The van der Waals surface area contributed by atoms with Crippen LogP contribution in [-0.4, -0.2) is 36.0 Å². The normalized spacial score (nSPS) is 25.2. The Morgan fingerprint density at radius 3 is 2.90 bits per heavy atom. The summed E-state index contributed by atoms with van der Waals surface area (Å²) in [7, 11) is 0. The average molecular weight is 332 g/mol. The summed E-state index contributed by atoms with van der Waals surface area (Å²) in [5.41, 5.74) is 1.39. The largest absolute Gasteiger partial charge is 0.316 e. The Morgan fingerprint density at radius 2 is 2.24 bits per heavy atom. The minimum absolute atomic E-state index is 0. The van der Waals surface area contributed by atoms with Gasteiger partial charge in [0.15, 0.2) is 0 Å². The standard InChI is InChI=1S/C14H18ClN3O2.ClH/c15-12-2-1-11(7-13(12)18(19)20)8-17-6-4-14(10-17)3-5-16-9-14;/h1-2,7,16H,3-6,8-10H2;1H. The van der Waals surface area contributed by atoms with E-state index in [1.54, 1.807) is 12.1 Å². The molecule has 2 aliphatic rings. The number of nitrogens with one attached hydrogen (secondary N) is 1. The number of likely N-dealkylation sites (tertiary alicyclic amines) is 1. The van der Waals surface area contributed by atoms with E-state index >= 15 is 0 Å². The maximum Gasteiger partial charge on any atom is 0.288 e. The lowest BCUT2D eigenvalue weighted by Gasteiger charge is -2.22. The number of nitro benzene ring substituents is 1. The number of halogens is 2. The van der Waals surface area contributed by atoms with Gasteiger partial charge in [-0.1, -0.05) is 17.7 Å². The first-order chi connectivity index (χ1) is 9.58. The minimum Gasteiger partial charge on any atom is -0.316 e. The predicted molar refractivity (Wildman–Crippen MR) is 85.2 cm³/mol. The SMILES string of the molecule is Cl.O=[N+]([O-])c1cc(CN2CCC3(CCNC3)C2)ccc1Cl. The monoisotopic (exact) mass is 331 g/mol. The highest BCUT2D eigenvalue weighted by molar-refractivity contribution is 6.32. The first kappa shape index (κ1) is 16.5. The van der Waals surface area contributed by atoms with Gasteiger partial charge < -0.3 is 5.32 Å². The molecule has 1 aromatic rings. The summed E-state index contributed by atoms with van der Waals surface area (Å²) in [5.74, 6) is 0. The molecule has 1 aromatic carbocycles. The fourth-order valence-corrected chi connectivity index (χ4v) is 3.55. The van der Waals surface area contributed by atoms with E-state index in [4.69, 9.17) is 11.6 Å². The van der Waals surface area contributed by atoms with E-state index in [0.717, 1.165) is 38.3 Å². The topological polar surface area (TPSA) is 58.4 Å². The molecule has 0 saturated carbocycles. The van der Waals surface area contributed by atoms with Crippen LogP contribution in [0.3, 0.4) is 0 Å². The third-order valence-electron chi connectivity index (χ3n) is 4.46. The molecule has 2 fully saturated rings. The van der Waals surface area contributed by atoms with Gasteiger partial charge in [-0.3, -0.25) is 15.0 Å². The predicted octanol–water partition coefficient (Wildman–Crippen LogP) is 2.86. The summed E-state index contributed by atoms with van der Waals surface area (Å²) in [4.78, 5) is 12.9. The average Bonchev–Trinajstić information content (AvgIpc) is 3.03. The van der Waals surface area contributed by atoms with E-state index in [1.165, 1.54) is 12.8 Å². The fraction of sp³-hybridized carbons (Fsp3) is 0.571. The Labute approximate surface area is 135 Å². The highest BCUT2D eigenvalue weighted by Crippen LogP contribution is 2.37. The molecule has 0 aliphatic carbocycles. The van der Waals surface area contributed by atoms with Crippen LogP contribution < -0.4 is 5.32 Å². The summed E-state index contributed by atoms with van der Waals surface area (Å²) < 4.78 is 0. The third kappa shape index (κ3) is 3.48. The van der Waals surface area contributed by atoms with Crippen molar-refractivity contribution in [3.8, 4) is 0 Å². The molecular formula is C14H19Cl2N3O2. The third-order valence-corrected chi connectivity index (χ3v) is 4.78. The van der Waals surface area contributed by atoms with Crippen molar-refractivity contribution in [2.75, 3.05) is 26.2 Å². The van der Waals surface area contributed by atoms with Crippen LogP contribution in [0.1, 0.15) is 18.4 Å². The van der Waals surface area contributed by atoms with Crippen LogP contribution in [-0.2, 0) is 6.54 Å². The molecule has 2 heterocycles. The molecule has 0 amide bonds. The van der Waals surface area contributed by atoms with Gasteiger partial charge in [-0.2, -0.15) is 0 Å². The van der Waals surface area contributed by atoms with E-state index in [0.29, 0.717) is 5.41 Å². The number of nitro groups is 1. The second-order valence-corrected chi connectivity index (χ2v) is 6.34. The lowest BCUT2D eigenvalue weighted by molar-refractivity contribution is -0.384. The molecule has 21 heavy (non-hydrogen) atoms. The van der Waals surface area contributed by atoms with Crippen LogP contribution in [0.25, 0.3) is 0 Å². The first-order valence-corrected chi connectivity index (χ1v) is 7.32. The molecule has 0 aromatic heterocycles. The molecule has 1 unspecified atom stereocenters. The number of benzene rings is 1. The molecule has 7 heteroatoms. The van der Waals surface area contributed by atoms with Crippen LogP contribution in [0.4, 0.5) is 5.69 Å². The Balaban J connectivity index is 0.00000161. The molecule has 5 nitrogen and oxygen atoms in total. The van der Waals surface area contributed by atoms with E-state index in [2.05, 4.69) is 10.2 Å². The maximum absolute atomic E-state index is 10.9. The van der Waals surface area contributed by atoms with Crippen molar-refractivity contribution in [3.05, 3.63) is 38.9 Å². The van der Waals surface area contributed by atoms with E-state index in [1.807, 2.05) is 6.07 Å². The van der Waals surface area contributed by atoms with Crippen molar-refractivity contribution >= 4 is 29.7 Å². The summed E-state index contributed by atoms with van der Waals surface area (Å²) >= 11 is 5.84. The molecule has 1 atom stereocenters. The van der Waals surface area contributed by atoms with Crippen molar-refractivity contribution in [3.63, 3.8) is 0 Å². The smallest absolute Gasteiger partial charge is 0.288 e. The van der Waals surface area contributed by atoms with Gasteiger partial charge in [0, 0.05) is 25.7 Å². The molecule has 1 spiro atoms. The second kappa shape index (κ2) is 6.48. The maximum atomic E-state index is 10.9. The molecule has 1 N–H and O–H groups in total. The van der Waals surface area contributed by atoms with E-state index in [9.17, 15) is 10.1 Å². The van der Waals surface area contributed by atoms with Gasteiger partial charge in [0.2, 0.25) is 0 Å². The molecule has 2 aliphatic heterocycles. The van der Waals surface area contributed by atoms with Gasteiger partial charge in [0.1, 0.15) is 5.02 Å². The molecule has 3 rings (SSSR count). The van der Waals surface area contributed by atoms with Gasteiger partial charge >= 0.3 is 0 Å². The van der Waals surface area contributed by atoms with Crippen molar-refractivity contribution in [1.29, 1.82) is 0 Å². The second-order valence-electron chi connectivity index (χ2n) is 5.93. The lowest BCUT2D eigenvalue weighted by atomic mass is 9.86. The zero-order valence-corrected chi connectivity index (χ0v) is 13.3. The van der Waals surface area contributed by atoms with Crippen molar-refractivity contribution in [2.45, 2.75) is 19.4 Å². The Bertz CT molecular complexity index is 533. The summed E-state index contributed by atoms with van der Waals surface area (Å²) in [6.07, 6.45) is 2.46. The summed E-state index contributed by atoms with van der Waals surface area (Å²) in [6, 6.07) is 5.10. The van der Waals surface area contributed by atoms with Crippen molar-refractivity contribution < 1.29 is 4.92 Å². The van der Waals surface area contributed by atoms with Gasteiger partial charge in [0.25, 0.3) is 5.69 Å². The lowest BCUT2D eigenvalue weighted by Crippen LogP contribution is -2.28. The molecule has 0 radical (unpaired) electrons. The quantitative estimate of drug-likeness (QED) is 0.683. The zero-order chi connectivity index (χ0) is 14.2. The van der Waals surface area contributed by atoms with Crippen LogP contribution in [0.15, 0.2) is 18.2 Å². The Kier molecular flexibility index (Phi) is 5.09. The van der Waals surface area contributed by atoms with Crippen LogP contribution in [0.5, 0.6) is 0 Å². The molecular weight excluding hydrogens is 313 g/mol. The van der Waals surface area contributed by atoms with Crippen molar-refractivity contribution in [2.24, 2.45) is 5.41 Å². The highest BCUT2D eigenvalue weighted by atomic mass is 35.5. The zero-order valence-electron chi connectivity index (χ0n) is 11.7. The highest BCUT2D eigenvalue weighted by Gasteiger charge is 2.40. The van der Waals surface area contributed by atoms with Crippen LogP contribution >= 0.6 is 24.0 Å². The number of rotatable bonds is 3. The van der Waals surface area contributed by atoms with E-state index in [-0.39, 0.29) is 23.1 Å². The van der Waals surface area contributed by atoms with Crippen LogP contribution in [0.2, 0.25) is 5.02 Å². The Morgan fingerprint density at radius 1 is 1.43 bits per heavy atom. The first-order valence-electron chi connectivity index (χ1n) is 6.94. The molecule has 0 bridgehead atoms. The number of hydrogen-bond acceptors (Lipinski definition) is 4. The Hall–Kier alpha value is -0.880. The number of hydrogen-bond donors (Lipinski definition) is 1. The van der Waals surface area contributed by atoms with Gasteiger partial charge in [-0.15, -0.1) is 12.4 Å². The summed E-state index contributed by atoms with van der Waals surface area (Å²) in [6.45, 7) is 5.12. The van der Waals surface area contributed by atoms with Gasteiger partial charge in [0.05, 0.1) is 4.92 Å². The van der Waals surface area contributed by atoms with Crippen LogP contribution in [0, 0.1) is 15.5 Å². The molecule has 116 valence electrons. The van der Waals surface area contributed by atoms with E-state index < -0.39 is 4.92 Å². The summed E-state index contributed by atoms with van der Waals surface area (Å²) in [5, 5.41) is 14.6.